The molecule has 1 fully saturated rings. The molecule has 106 valence electrons. The lowest BCUT2D eigenvalue weighted by Gasteiger charge is -2.23. The molecule has 20 heavy (non-hydrogen) atoms. The Labute approximate surface area is 116 Å². The summed E-state index contributed by atoms with van der Waals surface area (Å²) in [6.07, 6.45) is 1.17. The zero-order chi connectivity index (χ0) is 14.2. The van der Waals surface area contributed by atoms with E-state index in [0.29, 0.717) is 18.6 Å². The lowest BCUT2D eigenvalue weighted by Crippen LogP contribution is -2.55. The second-order valence-corrected chi connectivity index (χ2v) is 5.19. The summed E-state index contributed by atoms with van der Waals surface area (Å²) >= 11 is 0. The highest BCUT2D eigenvalue weighted by atomic mass is 16.5. The van der Waals surface area contributed by atoms with E-state index in [4.69, 9.17) is 4.74 Å². The topological polar surface area (TPSA) is 87.7 Å². The first-order valence-electron chi connectivity index (χ1n) is 6.61. The summed E-state index contributed by atoms with van der Waals surface area (Å²) in [7, 11) is 0. The number of anilines is 1. The number of carbonyl (C=O) groups excluding carboxylic acids is 1. The van der Waals surface area contributed by atoms with Crippen molar-refractivity contribution in [2.45, 2.75) is 18.4 Å². The van der Waals surface area contributed by atoms with E-state index in [2.05, 4.69) is 10.6 Å². The molecule has 0 saturated carbocycles. The average Bonchev–Trinajstić information content (AvgIpc) is 3.06. The van der Waals surface area contributed by atoms with Gasteiger partial charge < -0.3 is 20.5 Å². The van der Waals surface area contributed by atoms with Gasteiger partial charge in [-0.25, -0.2) is 4.79 Å². The Balaban J connectivity index is 1.80. The molecule has 2 heterocycles. The summed E-state index contributed by atoms with van der Waals surface area (Å²) in [6.45, 7) is 1.23. The molecule has 0 radical (unpaired) electrons. The number of rotatable bonds is 3. The minimum absolute atomic E-state index is 0.0145. The number of hydrogen-bond donors (Lipinski definition) is 3. The van der Waals surface area contributed by atoms with Gasteiger partial charge in [-0.05, 0) is 30.2 Å². The molecule has 6 nitrogen and oxygen atoms in total. The number of carboxylic acid groups (broad SMARTS) is 1. The molecule has 0 aromatic heterocycles. The maximum atomic E-state index is 12.3. The van der Waals surface area contributed by atoms with Crippen molar-refractivity contribution in [1.29, 1.82) is 0 Å². The molecule has 0 spiro atoms. The van der Waals surface area contributed by atoms with Gasteiger partial charge in [0.2, 0.25) is 0 Å². The number of nitrogens with one attached hydrogen (secondary N) is 2. The molecule has 6 heteroatoms. The lowest BCUT2D eigenvalue weighted by atomic mass is 9.98. The Hall–Kier alpha value is -2.08. The van der Waals surface area contributed by atoms with Crippen LogP contribution in [0.5, 0.6) is 0 Å². The van der Waals surface area contributed by atoms with Crippen LogP contribution in [0.2, 0.25) is 0 Å². The molecule has 1 saturated heterocycles. The summed E-state index contributed by atoms with van der Waals surface area (Å²) in [6, 6.07) is 5.38. The fraction of sp³-hybridized carbons (Fsp3) is 0.429. The fourth-order valence-electron chi connectivity index (χ4n) is 2.62. The van der Waals surface area contributed by atoms with Crippen LogP contribution in [0.3, 0.4) is 0 Å². The van der Waals surface area contributed by atoms with Gasteiger partial charge in [0, 0.05) is 30.8 Å². The SMILES string of the molecule is O=C(NC1(C(=O)O)CCOC1)c1ccc2c(c1)CCN2. The molecule has 2 aliphatic rings. The summed E-state index contributed by atoms with van der Waals surface area (Å²) in [4.78, 5) is 23.6. The Kier molecular flexibility index (Phi) is 3.10. The predicted molar refractivity (Wildman–Crippen MR) is 71.9 cm³/mol. The zero-order valence-electron chi connectivity index (χ0n) is 10.9. The molecule has 3 N–H and O–H groups in total. The van der Waals surface area contributed by atoms with E-state index in [1.165, 1.54) is 0 Å². The minimum atomic E-state index is -1.30. The molecule has 1 aromatic carbocycles. The number of hydrogen-bond acceptors (Lipinski definition) is 4. The van der Waals surface area contributed by atoms with Crippen molar-refractivity contribution in [2.75, 3.05) is 25.1 Å². The van der Waals surface area contributed by atoms with Gasteiger partial charge in [-0.15, -0.1) is 0 Å². The minimum Gasteiger partial charge on any atom is -0.479 e. The van der Waals surface area contributed by atoms with E-state index in [1.54, 1.807) is 6.07 Å². The van der Waals surface area contributed by atoms with Crippen LogP contribution in [0.1, 0.15) is 22.3 Å². The quantitative estimate of drug-likeness (QED) is 0.753. The highest BCUT2D eigenvalue weighted by molar-refractivity contribution is 5.98. The summed E-state index contributed by atoms with van der Waals surface area (Å²) in [5.74, 6) is -1.42. The summed E-state index contributed by atoms with van der Waals surface area (Å²) in [5.41, 5.74) is 1.32. The van der Waals surface area contributed by atoms with Gasteiger partial charge >= 0.3 is 5.97 Å². The van der Waals surface area contributed by atoms with Crippen LogP contribution < -0.4 is 10.6 Å². The van der Waals surface area contributed by atoms with E-state index in [-0.39, 0.29) is 12.5 Å². The number of aliphatic carboxylic acids is 1. The van der Waals surface area contributed by atoms with Crippen molar-refractivity contribution in [3.05, 3.63) is 29.3 Å². The Morgan fingerprint density at radius 1 is 1.40 bits per heavy atom. The van der Waals surface area contributed by atoms with E-state index < -0.39 is 11.5 Å². The van der Waals surface area contributed by atoms with Crippen molar-refractivity contribution in [1.82, 2.24) is 5.32 Å². The van der Waals surface area contributed by atoms with Crippen molar-refractivity contribution in [2.24, 2.45) is 0 Å². The lowest BCUT2D eigenvalue weighted by molar-refractivity contribution is -0.144. The normalized spacial score (nSPS) is 24.0. The maximum absolute atomic E-state index is 12.3. The number of carboxylic acids is 1. The van der Waals surface area contributed by atoms with Gasteiger partial charge in [0.05, 0.1) is 6.61 Å². The Morgan fingerprint density at radius 2 is 2.25 bits per heavy atom. The van der Waals surface area contributed by atoms with E-state index in [0.717, 1.165) is 24.2 Å². The third kappa shape index (κ3) is 2.12. The van der Waals surface area contributed by atoms with Crippen LogP contribution in [0.4, 0.5) is 5.69 Å². The standard InChI is InChI=1S/C14H16N2O4/c17-12(16-14(13(18)19)4-6-20-8-14)10-1-2-11-9(7-10)3-5-15-11/h1-2,7,15H,3-6,8H2,(H,16,17)(H,18,19). The van der Waals surface area contributed by atoms with Crippen LogP contribution in [0, 0.1) is 0 Å². The largest absolute Gasteiger partial charge is 0.479 e. The number of carbonyl (C=O) groups is 2. The molecule has 1 unspecified atom stereocenters. The predicted octanol–water partition coefficient (Wildman–Crippen LogP) is 0.628. The molecule has 3 rings (SSSR count). The van der Waals surface area contributed by atoms with Crippen LogP contribution in [-0.2, 0) is 16.0 Å². The third-order valence-corrected chi connectivity index (χ3v) is 3.86. The number of ether oxygens (including phenoxy) is 1. The van der Waals surface area contributed by atoms with Gasteiger partial charge in [0.15, 0.2) is 5.54 Å². The first-order valence-corrected chi connectivity index (χ1v) is 6.61. The van der Waals surface area contributed by atoms with E-state index >= 15 is 0 Å². The fourth-order valence-corrected chi connectivity index (χ4v) is 2.62. The van der Waals surface area contributed by atoms with E-state index in [1.807, 2.05) is 12.1 Å². The monoisotopic (exact) mass is 276 g/mol. The maximum Gasteiger partial charge on any atom is 0.331 e. The van der Waals surface area contributed by atoms with E-state index in [9.17, 15) is 14.7 Å². The number of fused-ring (bicyclic) bond motifs is 1. The van der Waals surface area contributed by atoms with Crippen LogP contribution in [0.15, 0.2) is 18.2 Å². The first-order chi connectivity index (χ1) is 9.61. The molecule has 2 aliphatic heterocycles. The molecule has 1 aromatic rings. The van der Waals surface area contributed by atoms with Crippen molar-refractivity contribution in [3.63, 3.8) is 0 Å². The summed E-state index contributed by atoms with van der Waals surface area (Å²) < 4.78 is 5.13. The molecule has 0 bridgehead atoms. The van der Waals surface area contributed by atoms with Crippen LogP contribution in [0.25, 0.3) is 0 Å². The number of amides is 1. The Morgan fingerprint density at radius 3 is 2.95 bits per heavy atom. The smallest absolute Gasteiger partial charge is 0.331 e. The van der Waals surface area contributed by atoms with Gasteiger partial charge in [0.25, 0.3) is 5.91 Å². The van der Waals surface area contributed by atoms with Gasteiger partial charge in [0.1, 0.15) is 0 Å². The molecular weight excluding hydrogens is 260 g/mol. The van der Waals surface area contributed by atoms with Crippen molar-refractivity contribution < 1.29 is 19.4 Å². The molecular formula is C14H16N2O4. The Bertz CT molecular complexity index is 564. The second-order valence-electron chi connectivity index (χ2n) is 5.19. The van der Waals surface area contributed by atoms with Crippen LogP contribution in [-0.4, -0.2) is 42.3 Å². The van der Waals surface area contributed by atoms with Gasteiger partial charge in [-0.3, -0.25) is 4.79 Å². The zero-order valence-corrected chi connectivity index (χ0v) is 10.9. The molecule has 1 atom stereocenters. The highest BCUT2D eigenvalue weighted by Crippen LogP contribution is 2.24. The van der Waals surface area contributed by atoms with Crippen molar-refractivity contribution >= 4 is 17.6 Å². The summed E-state index contributed by atoms with van der Waals surface area (Å²) in [5, 5.41) is 15.1. The molecule has 0 aliphatic carbocycles. The average molecular weight is 276 g/mol. The highest BCUT2D eigenvalue weighted by Gasteiger charge is 2.44. The third-order valence-electron chi connectivity index (χ3n) is 3.86. The second kappa shape index (κ2) is 4.79. The van der Waals surface area contributed by atoms with Crippen molar-refractivity contribution in [3.8, 4) is 0 Å². The number of benzene rings is 1. The van der Waals surface area contributed by atoms with Crippen LogP contribution >= 0.6 is 0 Å². The van der Waals surface area contributed by atoms with Gasteiger partial charge in [-0.2, -0.15) is 0 Å². The first kappa shape index (κ1) is 12.9. The van der Waals surface area contributed by atoms with Gasteiger partial charge in [-0.1, -0.05) is 0 Å². The molecule has 1 amide bonds.